The fraction of sp³-hybridized carbons (Fsp3) is 0.778. The Hall–Kier alpha value is -1.14. The van der Waals surface area contributed by atoms with Crippen LogP contribution in [0.25, 0.3) is 0 Å². The van der Waals surface area contributed by atoms with Crippen LogP contribution in [-0.4, -0.2) is 34.5 Å². The molecule has 1 aliphatic heterocycles. The van der Waals surface area contributed by atoms with Gasteiger partial charge in [0.15, 0.2) is 5.82 Å². The molecule has 0 spiro atoms. The van der Waals surface area contributed by atoms with Crippen molar-refractivity contribution in [1.82, 2.24) is 14.8 Å². The average Bonchev–Trinajstić information content (AvgIpc) is 2.83. The summed E-state index contributed by atoms with van der Waals surface area (Å²) >= 11 is 0. The molecule has 2 heterocycles. The molecule has 1 aromatic heterocycles. The van der Waals surface area contributed by atoms with E-state index in [0.717, 1.165) is 24.6 Å². The molecule has 1 fully saturated rings. The summed E-state index contributed by atoms with van der Waals surface area (Å²) in [5.74, 6) is 1.63. The predicted octanol–water partition coefficient (Wildman–Crippen LogP) is 0.0356. The lowest BCUT2D eigenvalue weighted by molar-refractivity contribution is 0.0431. The van der Waals surface area contributed by atoms with E-state index in [2.05, 4.69) is 15.5 Å². The van der Waals surface area contributed by atoms with E-state index in [4.69, 9.17) is 10.5 Å². The fourth-order valence-corrected chi connectivity index (χ4v) is 1.91. The maximum atomic E-state index is 5.76. The summed E-state index contributed by atoms with van der Waals surface area (Å²) in [6.07, 6.45) is 2.18. The van der Waals surface area contributed by atoms with Crippen molar-refractivity contribution < 1.29 is 4.74 Å². The highest BCUT2D eigenvalue weighted by Gasteiger charge is 2.29. The van der Waals surface area contributed by atoms with Crippen molar-refractivity contribution in [3.63, 3.8) is 0 Å². The minimum Gasteiger partial charge on any atom is -0.366 e. The van der Waals surface area contributed by atoms with E-state index >= 15 is 0 Å². The van der Waals surface area contributed by atoms with E-state index in [1.807, 2.05) is 18.7 Å². The van der Waals surface area contributed by atoms with Crippen LogP contribution in [0.3, 0.4) is 0 Å². The number of nitrogens with zero attached hydrogens (tertiary/aromatic N) is 3. The molecule has 1 saturated heterocycles. The molecular formula is C9H17N5O. The minimum atomic E-state index is 0.0400. The molecule has 2 rings (SSSR count). The first-order chi connectivity index (χ1) is 7.26. The molecule has 0 radical (unpaired) electrons. The standard InChI is InChI=1S/C9H17N5O/c1-11-9-13-12-8(14(9)2)7-4-3-6(5-10)15-7/h6-7H,3-5,10H2,1-2H3,(H,11,13). The first-order valence-electron chi connectivity index (χ1n) is 5.18. The molecule has 0 bridgehead atoms. The van der Waals surface area contributed by atoms with Gasteiger partial charge in [0.1, 0.15) is 6.10 Å². The highest BCUT2D eigenvalue weighted by Crippen LogP contribution is 2.31. The highest BCUT2D eigenvalue weighted by atomic mass is 16.5. The van der Waals surface area contributed by atoms with Gasteiger partial charge in [0, 0.05) is 20.6 Å². The minimum absolute atomic E-state index is 0.0400. The van der Waals surface area contributed by atoms with E-state index in [0.29, 0.717) is 6.54 Å². The zero-order chi connectivity index (χ0) is 10.8. The molecule has 15 heavy (non-hydrogen) atoms. The highest BCUT2D eigenvalue weighted by molar-refractivity contribution is 5.24. The molecule has 84 valence electrons. The van der Waals surface area contributed by atoms with Gasteiger partial charge in [0.05, 0.1) is 6.10 Å². The fourth-order valence-electron chi connectivity index (χ4n) is 1.91. The monoisotopic (exact) mass is 211 g/mol. The predicted molar refractivity (Wildman–Crippen MR) is 56.5 cm³/mol. The van der Waals surface area contributed by atoms with Crippen molar-refractivity contribution in [3.8, 4) is 0 Å². The Morgan fingerprint density at radius 2 is 2.33 bits per heavy atom. The summed E-state index contributed by atoms with van der Waals surface area (Å²) in [6, 6.07) is 0. The zero-order valence-electron chi connectivity index (χ0n) is 9.10. The van der Waals surface area contributed by atoms with Crippen LogP contribution >= 0.6 is 0 Å². The summed E-state index contributed by atoms with van der Waals surface area (Å²) in [6.45, 7) is 0.577. The molecule has 2 unspecified atom stereocenters. The second-order valence-corrected chi connectivity index (χ2v) is 3.75. The van der Waals surface area contributed by atoms with Crippen LogP contribution in [0, 0.1) is 0 Å². The number of ether oxygens (including phenoxy) is 1. The maximum absolute atomic E-state index is 5.76. The summed E-state index contributed by atoms with van der Waals surface area (Å²) in [4.78, 5) is 0. The molecule has 6 nitrogen and oxygen atoms in total. The van der Waals surface area contributed by atoms with Gasteiger partial charge in [-0.3, -0.25) is 4.57 Å². The first-order valence-corrected chi connectivity index (χ1v) is 5.18. The number of anilines is 1. The van der Waals surface area contributed by atoms with Crippen molar-refractivity contribution in [2.75, 3.05) is 18.9 Å². The number of hydrogen-bond donors (Lipinski definition) is 2. The van der Waals surface area contributed by atoms with E-state index in [-0.39, 0.29) is 12.2 Å². The van der Waals surface area contributed by atoms with Crippen LogP contribution in [0.1, 0.15) is 24.8 Å². The van der Waals surface area contributed by atoms with E-state index in [1.165, 1.54) is 0 Å². The third-order valence-corrected chi connectivity index (χ3v) is 2.79. The molecule has 1 aromatic rings. The lowest BCUT2D eigenvalue weighted by Crippen LogP contribution is -2.19. The second-order valence-electron chi connectivity index (χ2n) is 3.75. The first kappa shape index (κ1) is 10.4. The van der Waals surface area contributed by atoms with Crippen molar-refractivity contribution in [2.45, 2.75) is 25.0 Å². The van der Waals surface area contributed by atoms with E-state index < -0.39 is 0 Å². The van der Waals surface area contributed by atoms with Crippen molar-refractivity contribution in [1.29, 1.82) is 0 Å². The van der Waals surface area contributed by atoms with E-state index in [9.17, 15) is 0 Å². The Balaban J connectivity index is 2.13. The third-order valence-electron chi connectivity index (χ3n) is 2.79. The third kappa shape index (κ3) is 1.82. The van der Waals surface area contributed by atoms with Crippen LogP contribution in [0.4, 0.5) is 5.95 Å². The molecular weight excluding hydrogens is 194 g/mol. The normalized spacial score (nSPS) is 25.8. The van der Waals surface area contributed by atoms with Crippen LogP contribution in [0.5, 0.6) is 0 Å². The zero-order valence-corrected chi connectivity index (χ0v) is 9.10. The molecule has 0 aliphatic carbocycles. The summed E-state index contributed by atoms with van der Waals surface area (Å²) in [5, 5.41) is 11.1. The summed E-state index contributed by atoms with van der Waals surface area (Å²) in [7, 11) is 3.76. The van der Waals surface area contributed by atoms with Gasteiger partial charge >= 0.3 is 0 Å². The number of rotatable bonds is 3. The second kappa shape index (κ2) is 4.16. The lowest BCUT2D eigenvalue weighted by Gasteiger charge is -2.11. The van der Waals surface area contributed by atoms with Crippen molar-refractivity contribution in [2.24, 2.45) is 12.8 Å². The Bertz CT molecular complexity index is 337. The SMILES string of the molecule is CNc1nnc(C2CCC(CN)O2)n1C. The van der Waals surface area contributed by atoms with Gasteiger partial charge < -0.3 is 15.8 Å². The van der Waals surface area contributed by atoms with Crippen LogP contribution in [0.15, 0.2) is 0 Å². The average molecular weight is 211 g/mol. The van der Waals surface area contributed by atoms with Gasteiger partial charge in [0.2, 0.25) is 5.95 Å². The van der Waals surface area contributed by atoms with Crippen molar-refractivity contribution in [3.05, 3.63) is 5.82 Å². The quantitative estimate of drug-likeness (QED) is 0.738. The van der Waals surface area contributed by atoms with Gasteiger partial charge in [-0.1, -0.05) is 0 Å². The molecule has 2 atom stereocenters. The molecule has 0 amide bonds. The molecule has 0 aromatic carbocycles. The summed E-state index contributed by atoms with van der Waals surface area (Å²) in [5.41, 5.74) is 5.56. The number of nitrogens with two attached hydrogens (primary N) is 1. The molecule has 1 aliphatic rings. The van der Waals surface area contributed by atoms with Gasteiger partial charge in [-0.05, 0) is 12.8 Å². The smallest absolute Gasteiger partial charge is 0.224 e. The number of hydrogen-bond acceptors (Lipinski definition) is 5. The lowest BCUT2D eigenvalue weighted by atomic mass is 10.2. The Kier molecular flexibility index (Phi) is 2.88. The molecule has 3 N–H and O–H groups in total. The van der Waals surface area contributed by atoms with Gasteiger partial charge in [-0.15, -0.1) is 10.2 Å². The Morgan fingerprint density at radius 1 is 1.53 bits per heavy atom. The molecule has 6 heteroatoms. The van der Waals surface area contributed by atoms with Crippen LogP contribution in [0.2, 0.25) is 0 Å². The van der Waals surface area contributed by atoms with Gasteiger partial charge in [0.25, 0.3) is 0 Å². The number of nitrogens with one attached hydrogen (secondary N) is 1. The maximum Gasteiger partial charge on any atom is 0.224 e. The Morgan fingerprint density at radius 3 is 2.87 bits per heavy atom. The number of aromatic nitrogens is 3. The van der Waals surface area contributed by atoms with Crippen molar-refractivity contribution >= 4 is 5.95 Å². The van der Waals surface area contributed by atoms with Gasteiger partial charge in [-0.25, -0.2) is 0 Å². The van der Waals surface area contributed by atoms with Crippen LogP contribution in [-0.2, 0) is 11.8 Å². The Labute approximate surface area is 88.8 Å². The van der Waals surface area contributed by atoms with Gasteiger partial charge in [-0.2, -0.15) is 0 Å². The summed E-state index contributed by atoms with van der Waals surface area (Å²) < 4.78 is 7.68. The largest absolute Gasteiger partial charge is 0.366 e. The van der Waals surface area contributed by atoms with E-state index in [1.54, 1.807) is 0 Å². The topological polar surface area (TPSA) is 78.0 Å². The van der Waals surface area contributed by atoms with Crippen LogP contribution < -0.4 is 11.1 Å². The molecule has 0 saturated carbocycles.